The van der Waals surface area contributed by atoms with E-state index in [4.69, 9.17) is 5.73 Å². The zero-order valence-electron chi connectivity index (χ0n) is 13.1. The van der Waals surface area contributed by atoms with E-state index in [0.717, 1.165) is 30.2 Å². The van der Waals surface area contributed by atoms with Crippen LogP contribution < -0.4 is 11.1 Å². The SMILES string of the molecule is N#CC1=C(N)SC(C(=O)NC(=O)N2CCCC2)C1c1ccccc1. The second-order valence-electron chi connectivity index (χ2n) is 5.81. The van der Waals surface area contributed by atoms with Crippen molar-refractivity contribution < 1.29 is 9.59 Å². The van der Waals surface area contributed by atoms with E-state index in [-0.39, 0.29) is 6.03 Å². The van der Waals surface area contributed by atoms with Crippen LogP contribution in [0.25, 0.3) is 0 Å². The van der Waals surface area contributed by atoms with Gasteiger partial charge in [-0.3, -0.25) is 10.1 Å². The molecule has 0 radical (unpaired) electrons. The maximum Gasteiger partial charge on any atom is 0.324 e. The van der Waals surface area contributed by atoms with Crippen molar-refractivity contribution in [3.63, 3.8) is 0 Å². The number of thioether (sulfide) groups is 1. The Kier molecular flexibility index (Phi) is 4.76. The summed E-state index contributed by atoms with van der Waals surface area (Å²) >= 11 is 1.15. The van der Waals surface area contributed by atoms with Gasteiger partial charge in [0.25, 0.3) is 0 Å². The molecule has 1 fully saturated rings. The van der Waals surface area contributed by atoms with E-state index in [1.54, 1.807) is 4.90 Å². The molecule has 0 saturated carbocycles. The summed E-state index contributed by atoms with van der Waals surface area (Å²) in [6.45, 7) is 1.34. The van der Waals surface area contributed by atoms with Gasteiger partial charge in [0.1, 0.15) is 5.25 Å². The standard InChI is InChI=1S/C17H18N4O2S/c18-10-12-13(11-6-2-1-3-7-11)14(24-15(12)19)16(22)20-17(23)21-8-4-5-9-21/h1-3,6-7,13-14H,4-5,8-9,19H2,(H,20,22,23). The molecule has 124 valence electrons. The molecule has 2 heterocycles. The van der Waals surface area contributed by atoms with Crippen LogP contribution in [0.5, 0.6) is 0 Å². The van der Waals surface area contributed by atoms with Gasteiger partial charge >= 0.3 is 6.03 Å². The first-order valence-corrected chi connectivity index (χ1v) is 8.71. The van der Waals surface area contributed by atoms with Crippen LogP contribution in [0, 0.1) is 11.3 Å². The van der Waals surface area contributed by atoms with Crippen molar-refractivity contribution in [2.24, 2.45) is 5.73 Å². The van der Waals surface area contributed by atoms with Crippen molar-refractivity contribution in [3.05, 3.63) is 46.5 Å². The van der Waals surface area contributed by atoms with E-state index < -0.39 is 17.1 Å². The molecule has 2 unspecified atom stereocenters. The van der Waals surface area contributed by atoms with Crippen molar-refractivity contribution in [3.8, 4) is 6.07 Å². The van der Waals surface area contributed by atoms with E-state index in [0.29, 0.717) is 23.7 Å². The van der Waals surface area contributed by atoms with Crippen LogP contribution in [-0.4, -0.2) is 35.2 Å². The minimum absolute atomic E-state index is 0.347. The third-order valence-corrected chi connectivity index (χ3v) is 5.51. The second-order valence-corrected chi connectivity index (χ2v) is 6.99. The zero-order valence-corrected chi connectivity index (χ0v) is 13.9. The van der Waals surface area contributed by atoms with Crippen molar-refractivity contribution in [1.29, 1.82) is 5.26 Å². The molecule has 0 spiro atoms. The van der Waals surface area contributed by atoms with Crippen LogP contribution in [0.4, 0.5) is 4.79 Å². The number of likely N-dealkylation sites (tertiary alicyclic amines) is 1. The maximum absolute atomic E-state index is 12.6. The Bertz CT molecular complexity index is 720. The predicted molar refractivity (Wildman–Crippen MR) is 91.7 cm³/mol. The normalized spacial score (nSPS) is 23.2. The van der Waals surface area contributed by atoms with Crippen molar-refractivity contribution >= 4 is 23.7 Å². The van der Waals surface area contributed by atoms with Gasteiger partial charge in [0.05, 0.1) is 16.7 Å². The molecule has 3 N–H and O–H groups in total. The molecule has 2 aliphatic rings. The molecule has 24 heavy (non-hydrogen) atoms. The Morgan fingerprint density at radius 2 is 1.92 bits per heavy atom. The van der Waals surface area contributed by atoms with Gasteiger partial charge in [-0.2, -0.15) is 5.26 Å². The highest BCUT2D eigenvalue weighted by Crippen LogP contribution is 2.45. The van der Waals surface area contributed by atoms with Gasteiger partial charge in [0.2, 0.25) is 5.91 Å². The summed E-state index contributed by atoms with van der Waals surface area (Å²) < 4.78 is 0. The molecule has 3 amide bonds. The fraction of sp³-hybridized carbons (Fsp3) is 0.353. The van der Waals surface area contributed by atoms with Crippen molar-refractivity contribution in [1.82, 2.24) is 10.2 Å². The first kappa shape index (κ1) is 16.4. The first-order valence-electron chi connectivity index (χ1n) is 7.83. The van der Waals surface area contributed by atoms with Crippen LogP contribution >= 0.6 is 11.8 Å². The summed E-state index contributed by atoms with van der Waals surface area (Å²) in [5.41, 5.74) is 7.18. The molecule has 1 aromatic carbocycles. The monoisotopic (exact) mass is 342 g/mol. The average Bonchev–Trinajstić information content (AvgIpc) is 3.23. The summed E-state index contributed by atoms with van der Waals surface area (Å²) in [6, 6.07) is 11.1. The second kappa shape index (κ2) is 6.97. The number of carbonyl (C=O) groups excluding carboxylic acids is 2. The highest BCUT2D eigenvalue weighted by atomic mass is 32.2. The van der Waals surface area contributed by atoms with Crippen LogP contribution in [0.1, 0.15) is 24.3 Å². The smallest absolute Gasteiger partial charge is 0.324 e. The largest absolute Gasteiger partial charge is 0.393 e. The van der Waals surface area contributed by atoms with Gasteiger partial charge in [-0.1, -0.05) is 42.1 Å². The zero-order chi connectivity index (χ0) is 17.1. The lowest BCUT2D eigenvalue weighted by Gasteiger charge is -2.21. The Morgan fingerprint density at radius 3 is 2.54 bits per heavy atom. The van der Waals surface area contributed by atoms with E-state index in [2.05, 4.69) is 11.4 Å². The van der Waals surface area contributed by atoms with Gasteiger partial charge in [0, 0.05) is 19.0 Å². The summed E-state index contributed by atoms with van der Waals surface area (Å²) in [4.78, 5) is 26.4. The minimum atomic E-state index is -0.617. The molecule has 0 aliphatic carbocycles. The fourth-order valence-electron chi connectivity index (χ4n) is 3.08. The number of amides is 3. The Labute approximate surface area is 144 Å². The van der Waals surface area contributed by atoms with Crippen LogP contribution in [-0.2, 0) is 4.79 Å². The number of benzene rings is 1. The molecule has 1 saturated heterocycles. The van der Waals surface area contributed by atoms with E-state index in [1.165, 1.54) is 0 Å². The number of nitriles is 1. The Balaban J connectivity index is 1.80. The molecular formula is C17H18N4O2S. The molecular weight excluding hydrogens is 324 g/mol. The molecule has 7 heteroatoms. The molecule has 0 aromatic heterocycles. The van der Waals surface area contributed by atoms with E-state index >= 15 is 0 Å². The van der Waals surface area contributed by atoms with Gasteiger partial charge in [-0.25, -0.2) is 4.79 Å². The highest BCUT2D eigenvalue weighted by molar-refractivity contribution is 8.04. The van der Waals surface area contributed by atoms with Crippen LogP contribution in [0.3, 0.4) is 0 Å². The summed E-state index contributed by atoms with van der Waals surface area (Å²) in [6.07, 6.45) is 1.92. The van der Waals surface area contributed by atoms with E-state index in [9.17, 15) is 14.9 Å². The lowest BCUT2D eigenvalue weighted by Crippen LogP contribution is -2.45. The number of rotatable bonds is 2. The molecule has 3 rings (SSSR count). The number of nitrogens with zero attached hydrogens (tertiary/aromatic N) is 2. The molecule has 2 aliphatic heterocycles. The quantitative estimate of drug-likeness (QED) is 0.855. The van der Waals surface area contributed by atoms with E-state index in [1.807, 2.05) is 30.3 Å². The average molecular weight is 342 g/mol. The topological polar surface area (TPSA) is 99.2 Å². The first-order chi connectivity index (χ1) is 11.6. The van der Waals surface area contributed by atoms with Crippen LogP contribution in [0.15, 0.2) is 40.9 Å². The number of hydrogen-bond donors (Lipinski definition) is 2. The summed E-state index contributed by atoms with van der Waals surface area (Å²) in [5, 5.41) is 11.6. The summed E-state index contributed by atoms with van der Waals surface area (Å²) in [5.74, 6) is -0.841. The summed E-state index contributed by atoms with van der Waals surface area (Å²) in [7, 11) is 0. The third-order valence-electron chi connectivity index (χ3n) is 4.29. The predicted octanol–water partition coefficient (Wildman–Crippen LogP) is 1.91. The molecule has 2 atom stereocenters. The highest BCUT2D eigenvalue weighted by Gasteiger charge is 2.41. The van der Waals surface area contributed by atoms with Gasteiger partial charge in [-0.15, -0.1) is 0 Å². The van der Waals surface area contributed by atoms with Crippen LogP contribution in [0.2, 0.25) is 0 Å². The lowest BCUT2D eigenvalue weighted by molar-refractivity contribution is -0.119. The molecule has 1 aromatic rings. The fourth-order valence-corrected chi connectivity index (χ4v) is 4.25. The Morgan fingerprint density at radius 1 is 1.25 bits per heavy atom. The number of hydrogen-bond acceptors (Lipinski definition) is 5. The number of imide groups is 1. The van der Waals surface area contributed by atoms with Gasteiger partial charge < -0.3 is 10.6 Å². The van der Waals surface area contributed by atoms with Crippen molar-refractivity contribution in [2.45, 2.75) is 24.0 Å². The molecule has 0 bridgehead atoms. The third kappa shape index (κ3) is 3.10. The number of carbonyl (C=O) groups is 2. The molecule has 6 nitrogen and oxygen atoms in total. The van der Waals surface area contributed by atoms with Gasteiger partial charge in [-0.05, 0) is 18.4 Å². The van der Waals surface area contributed by atoms with Crippen molar-refractivity contribution in [2.75, 3.05) is 13.1 Å². The Hall–Kier alpha value is -2.46. The number of allylic oxidation sites excluding steroid dienone is 1. The number of urea groups is 1. The number of nitrogens with one attached hydrogen (secondary N) is 1. The maximum atomic E-state index is 12.6. The lowest BCUT2D eigenvalue weighted by atomic mass is 9.89. The van der Waals surface area contributed by atoms with Gasteiger partial charge in [0.15, 0.2) is 0 Å². The number of nitrogens with two attached hydrogens (primary N) is 1. The minimum Gasteiger partial charge on any atom is -0.393 e.